The van der Waals surface area contributed by atoms with Crippen molar-refractivity contribution in [3.05, 3.63) is 54.2 Å². The highest BCUT2D eigenvalue weighted by Crippen LogP contribution is 2.14. The Kier molecular flexibility index (Phi) is 3.05. The summed E-state index contributed by atoms with van der Waals surface area (Å²) < 4.78 is 5.42. The van der Waals surface area contributed by atoms with Gasteiger partial charge in [-0.1, -0.05) is 18.2 Å². The third kappa shape index (κ3) is 2.10. The van der Waals surface area contributed by atoms with Gasteiger partial charge in [0.1, 0.15) is 0 Å². The number of benzene rings is 1. The lowest BCUT2D eigenvalue weighted by molar-refractivity contribution is -0.897. The number of rotatable bonds is 2. The van der Waals surface area contributed by atoms with E-state index in [-0.39, 0.29) is 5.69 Å². The van der Waals surface area contributed by atoms with Crippen molar-refractivity contribution in [3.63, 3.8) is 0 Å². The maximum absolute atomic E-state index is 11.4. The Labute approximate surface area is 98.7 Å². The molecule has 4 heteroatoms. The summed E-state index contributed by atoms with van der Waals surface area (Å²) in [5.74, 6) is -0.578. The molecule has 0 unspecified atom stereocenters. The molecule has 0 amide bonds. The molecule has 2 aromatic rings. The maximum Gasteiger partial charge on any atom is 0.408 e. The Morgan fingerprint density at radius 2 is 1.82 bits per heavy atom. The zero-order chi connectivity index (χ0) is 12.3. The van der Waals surface area contributed by atoms with E-state index in [2.05, 4.69) is 4.74 Å². The highest BCUT2D eigenvalue weighted by molar-refractivity contribution is 5.85. The summed E-state index contributed by atoms with van der Waals surface area (Å²) in [4.78, 5) is 11.4. The number of hydrogen-bond acceptors (Lipinski definition) is 3. The smallest absolute Gasteiger partial charge is 0.408 e. The highest BCUT2D eigenvalue weighted by Gasteiger charge is 2.24. The van der Waals surface area contributed by atoms with E-state index in [1.165, 1.54) is 13.2 Å². The summed E-state index contributed by atoms with van der Waals surface area (Å²) in [7, 11) is 1.28. The van der Waals surface area contributed by atoms with Crippen molar-refractivity contribution in [2.24, 2.45) is 0 Å². The Hall–Kier alpha value is -2.36. The van der Waals surface area contributed by atoms with Crippen LogP contribution < -0.4 is 4.73 Å². The van der Waals surface area contributed by atoms with Crippen molar-refractivity contribution in [1.29, 1.82) is 0 Å². The summed E-state index contributed by atoms with van der Waals surface area (Å²) in [5.41, 5.74) is 1.45. The van der Waals surface area contributed by atoms with Crippen LogP contribution in [0.25, 0.3) is 11.3 Å². The molecule has 0 aliphatic rings. The number of carbonyl (C=O) groups is 1. The molecule has 0 saturated carbocycles. The molecule has 4 nitrogen and oxygen atoms in total. The fourth-order valence-electron chi connectivity index (χ4n) is 1.59. The van der Waals surface area contributed by atoms with Crippen LogP contribution in [0, 0.1) is 0 Å². The average Bonchev–Trinajstić information content (AvgIpc) is 2.39. The van der Waals surface area contributed by atoms with Crippen LogP contribution in [0.3, 0.4) is 0 Å². The standard InChI is InChI=1S/C13H12NO3/c1-17-13(15)12-9-5-8-11(14(12)16)10-6-3-2-4-7-10/h2-9,16H,1H3/q+1. The number of pyridine rings is 1. The predicted octanol–water partition coefficient (Wildman–Crippen LogP) is 1.66. The van der Waals surface area contributed by atoms with Crippen molar-refractivity contribution < 1.29 is 19.5 Å². The minimum atomic E-state index is -0.578. The van der Waals surface area contributed by atoms with E-state index in [1.807, 2.05) is 30.3 Å². The van der Waals surface area contributed by atoms with E-state index in [0.717, 1.165) is 10.3 Å². The normalized spacial score (nSPS) is 9.94. The lowest BCUT2D eigenvalue weighted by atomic mass is 10.1. The minimum Gasteiger partial charge on any atom is -0.461 e. The molecule has 0 aliphatic carbocycles. The van der Waals surface area contributed by atoms with Crippen molar-refractivity contribution in [1.82, 2.24) is 0 Å². The molecule has 0 radical (unpaired) electrons. The van der Waals surface area contributed by atoms with E-state index in [9.17, 15) is 10.0 Å². The first kappa shape index (κ1) is 11.1. The summed E-state index contributed by atoms with van der Waals surface area (Å²) in [5, 5.41) is 9.96. The van der Waals surface area contributed by atoms with Gasteiger partial charge in [-0.2, -0.15) is 0 Å². The average molecular weight is 230 g/mol. The second-order valence-corrected chi connectivity index (χ2v) is 3.47. The molecule has 0 bridgehead atoms. The zero-order valence-electron chi connectivity index (χ0n) is 9.33. The number of nitrogens with zero attached hydrogens (tertiary/aromatic N) is 1. The summed E-state index contributed by atoms with van der Waals surface area (Å²) in [6.45, 7) is 0. The van der Waals surface area contributed by atoms with Crippen LogP contribution in [0.1, 0.15) is 10.5 Å². The van der Waals surface area contributed by atoms with Gasteiger partial charge in [-0.3, -0.25) is 5.21 Å². The van der Waals surface area contributed by atoms with Gasteiger partial charge in [0.05, 0.1) is 12.7 Å². The second kappa shape index (κ2) is 4.65. The molecule has 1 heterocycles. The number of methoxy groups -OCH3 is 1. The number of carbonyl (C=O) groups excluding carboxylic acids is 1. The SMILES string of the molecule is COC(=O)c1cccc(-c2ccccc2)[n+]1O. The van der Waals surface area contributed by atoms with Gasteiger partial charge >= 0.3 is 11.7 Å². The van der Waals surface area contributed by atoms with E-state index in [4.69, 9.17) is 0 Å². The number of ether oxygens (including phenoxy) is 1. The zero-order valence-corrected chi connectivity index (χ0v) is 9.33. The summed E-state index contributed by atoms with van der Waals surface area (Å²) in [6.07, 6.45) is 0. The van der Waals surface area contributed by atoms with Crippen LogP contribution in [-0.4, -0.2) is 18.3 Å². The van der Waals surface area contributed by atoms with Crippen LogP contribution in [-0.2, 0) is 4.74 Å². The molecule has 0 fully saturated rings. The molecule has 0 aliphatic heterocycles. The van der Waals surface area contributed by atoms with Gasteiger partial charge in [-0.05, 0) is 18.2 Å². The highest BCUT2D eigenvalue weighted by atomic mass is 16.5. The van der Waals surface area contributed by atoms with Crippen molar-refractivity contribution in [2.45, 2.75) is 0 Å². The molecular weight excluding hydrogens is 218 g/mol. The molecule has 0 saturated heterocycles. The Balaban J connectivity index is 2.54. The van der Waals surface area contributed by atoms with Gasteiger partial charge in [-0.25, -0.2) is 4.79 Å². The Morgan fingerprint density at radius 3 is 2.47 bits per heavy atom. The second-order valence-electron chi connectivity index (χ2n) is 3.47. The third-order valence-corrected chi connectivity index (χ3v) is 2.43. The predicted molar refractivity (Wildman–Crippen MR) is 60.6 cm³/mol. The van der Waals surface area contributed by atoms with E-state index >= 15 is 0 Å². The van der Waals surface area contributed by atoms with E-state index in [1.54, 1.807) is 12.1 Å². The van der Waals surface area contributed by atoms with Gasteiger partial charge in [0.15, 0.2) is 0 Å². The van der Waals surface area contributed by atoms with Crippen molar-refractivity contribution in [2.75, 3.05) is 7.11 Å². The Bertz CT molecular complexity index is 538. The molecule has 0 spiro atoms. The Morgan fingerprint density at radius 1 is 1.12 bits per heavy atom. The van der Waals surface area contributed by atoms with Gasteiger partial charge < -0.3 is 4.74 Å². The number of esters is 1. The monoisotopic (exact) mass is 230 g/mol. The first-order chi connectivity index (χ1) is 8.24. The summed E-state index contributed by atoms with van der Waals surface area (Å²) in [6, 6.07) is 14.2. The quantitative estimate of drug-likeness (QED) is 0.485. The van der Waals surface area contributed by atoms with Crippen LogP contribution in [0.5, 0.6) is 0 Å². The molecule has 17 heavy (non-hydrogen) atoms. The van der Waals surface area contributed by atoms with Gasteiger partial charge in [0, 0.05) is 16.9 Å². The molecular formula is C13H12NO3+. The first-order valence-electron chi connectivity index (χ1n) is 5.12. The lowest BCUT2D eigenvalue weighted by Gasteiger charge is -2.00. The topological polar surface area (TPSA) is 50.4 Å². The van der Waals surface area contributed by atoms with E-state index < -0.39 is 5.97 Å². The summed E-state index contributed by atoms with van der Waals surface area (Å²) >= 11 is 0. The largest absolute Gasteiger partial charge is 0.461 e. The van der Waals surface area contributed by atoms with Crippen LogP contribution in [0.4, 0.5) is 0 Å². The molecule has 0 atom stereocenters. The van der Waals surface area contributed by atoms with Crippen LogP contribution in [0.2, 0.25) is 0 Å². The van der Waals surface area contributed by atoms with Gasteiger partial charge in [-0.15, -0.1) is 0 Å². The van der Waals surface area contributed by atoms with E-state index in [0.29, 0.717) is 5.69 Å². The third-order valence-electron chi connectivity index (χ3n) is 2.43. The van der Waals surface area contributed by atoms with Gasteiger partial charge in [0.25, 0.3) is 5.69 Å². The van der Waals surface area contributed by atoms with Crippen molar-refractivity contribution >= 4 is 5.97 Å². The van der Waals surface area contributed by atoms with Crippen LogP contribution >= 0.6 is 0 Å². The number of hydrogen-bond donors (Lipinski definition) is 1. The van der Waals surface area contributed by atoms with Crippen molar-refractivity contribution in [3.8, 4) is 11.3 Å². The fourth-order valence-corrected chi connectivity index (χ4v) is 1.59. The molecule has 1 aromatic heterocycles. The minimum absolute atomic E-state index is 0.0915. The fraction of sp³-hybridized carbons (Fsp3) is 0.0769. The maximum atomic E-state index is 11.4. The lowest BCUT2D eigenvalue weighted by Crippen LogP contribution is -2.40. The molecule has 1 N–H and O–H groups in total. The molecule has 86 valence electrons. The van der Waals surface area contributed by atoms with Crippen LogP contribution in [0.15, 0.2) is 48.5 Å². The number of aromatic nitrogens is 1. The van der Waals surface area contributed by atoms with Gasteiger partial charge in [0.2, 0.25) is 0 Å². The first-order valence-corrected chi connectivity index (χ1v) is 5.12. The molecule has 2 rings (SSSR count). The molecule has 1 aromatic carbocycles.